The second-order valence-electron chi connectivity index (χ2n) is 14.1. The molecule has 0 rings (SSSR count). The van der Waals surface area contributed by atoms with Crippen LogP contribution in [-0.4, -0.2) is 75.5 Å². The van der Waals surface area contributed by atoms with Gasteiger partial charge in [0.1, 0.15) is 12.6 Å². The highest BCUT2D eigenvalue weighted by Crippen LogP contribution is 2.12. The third kappa shape index (κ3) is 32.7. The largest absolute Gasteiger partial charge is 0.544 e. The first-order valence-electron chi connectivity index (χ1n) is 19.8. The van der Waals surface area contributed by atoms with E-state index in [2.05, 4.69) is 68.5 Å². The molecule has 0 amide bonds. The number of quaternary nitrogens is 1. The summed E-state index contributed by atoms with van der Waals surface area (Å²) in [7, 11) is 5.37. The molecule has 2 atom stereocenters. The van der Waals surface area contributed by atoms with Crippen molar-refractivity contribution in [2.75, 3.05) is 41.0 Å². The van der Waals surface area contributed by atoms with Gasteiger partial charge in [-0.1, -0.05) is 120 Å². The SMILES string of the molecule is CC/C=C/C/C=C/C/C=C/C/C=C/CCCCCCCCC(=O)OCC(COCCC(C(=O)[O-])[N+](C)(C)C)OC(=O)CC/C=C/CCCCCC. The summed E-state index contributed by atoms with van der Waals surface area (Å²) in [5, 5.41) is 11.6. The molecule has 0 aliphatic carbocycles. The Bertz CT molecular complexity index is 1020. The van der Waals surface area contributed by atoms with Crippen molar-refractivity contribution in [1.82, 2.24) is 0 Å². The summed E-state index contributed by atoms with van der Waals surface area (Å²) in [6.07, 6.45) is 39.8. The van der Waals surface area contributed by atoms with Gasteiger partial charge in [0.2, 0.25) is 0 Å². The summed E-state index contributed by atoms with van der Waals surface area (Å²) in [6.45, 7) is 4.42. The van der Waals surface area contributed by atoms with Gasteiger partial charge in [-0.2, -0.15) is 0 Å². The molecule has 51 heavy (non-hydrogen) atoms. The Labute approximate surface area is 311 Å². The minimum atomic E-state index is -1.14. The van der Waals surface area contributed by atoms with E-state index in [0.29, 0.717) is 12.8 Å². The van der Waals surface area contributed by atoms with Crippen LogP contribution in [0.4, 0.5) is 0 Å². The van der Waals surface area contributed by atoms with E-state index in [-0.39, 0.29) is 49.1 Å². The number of hydrogen-bond donors (Lipinski definition) is 0. The molecular formula is C43H73NO7. The highest BCUT2D eigenvalue weighted by atomic mass is 16.6. The van der Waals surface area contributed by atoms with Crippen molar-refractivity contribution in [2.24, 2.45) is 0 Å². The fraction of sp³-hybridized carbons (Fsp3) is 0.698. The predicted molar refractivity (Wildman–Crippen MR) is 208 cm³/mol. The number of hydrogen-bond acceptors (Lipinski definition) is 7. The molecule has 0 fully saturated rings. The molecule has 0 saturated heterocycles. The molecule has 0 aliphatic heterocycles. The van der Waals surface area contributed by atoms with Gasteiger partial charge < -0.3 is 28.6 Å². The van der Waals surface area contributed by atoms with Crippen molar-refractivity contribution in [3.05, 3.63) is 60.8 Å². The number of carboxylic acids is 1. The number of allylic oxidation sites excluding steroid dienone is 10. The lowest BCUT2D eigenvalue weighted by atomic mass is 10.1. The van der Waals surface area contributed by atoms with Gasteiger partial charge in [-0.05, 0) is 64.2 Å². The Kier molecular flexibility index (Phi) is 32.1. The summed E-state index contributed by atoms with van der Waals surface area (Å²) in [4.78, 5) is 36.6. The summed E-state index contributed by atoms with van der Waals surface area (Å²) >= 11 is 0. The maximum atomic E-state index is 12.5. The molecule has 0 radical (unpaired) electrons. The lowest BCUT2D eigenvalue weighted by Crippen LogP contribution is -2.55. The molecule has 292 valence electrons. The highest BCUT2D eigenvalue weighted by Gasteiger charge is 2.25. The fourth-order valence-corrected chi connectivity index (χ4v) is 5.31. The number of ether oxygens (including phenoxy) is 3. The molecule has 8 nitrogen and oxygen atoms in total. The van der Waals surface area contributed by atoms with Crippen LogP contribution in [0, 0.1) is 0 Å². The Morgan fingerprint density at radius 1 is 0.608 bits per heavy atom. The van der Waals surface area contributed by atoms with Crippen LogP contribution in [-0.2, 0) is 28.6 Å². The smallest absolute Gasteiger partial charge is 0.306 e. The van der Waals surface area contributed by atoms with E-state index in [1.54, 1.807) is 21.1 Å². The normalized spacial score (nSPS) is 13.7. The zero-order valence-corrected chi connectivity index (χ0v) is 33.0. The first-order valence-corrected chi connectivity index (χ1v) is 19.8. The zero-order chi connectivity index (χ0) is 37.8. The van der Waals surface area contributed by atoms with Crippen LogP contribution in [0.1, 0.15) is 142 Å². The van der Waals surface area contributed by atoms with E-state index in [0.717, 1.165) is 70.6 Å². The van der Waals surface area contributed by atoms with Gasteiger partial charge in [0.05, 0.1) is 40.3 Å². The number of likely N-dealkylation sites (N-methyl/N-ethyl adjacent to an activating group) is 1. The molecule has 0 aliphatic rings. The Balaban J connectivity index is 4.35. The van der Waals surface area contributed by atoms with Crippen LogP contribution in [0.2, 0.25) is 0 Å². The molecule has 0 bridgehead atoms. The zero-order valence-electron chi connectivity index (χ0n) is 33.0. The topological polar surface area (TPSA) is 102 Å². The fourth-order valence-electron chi connectivity index (χ4n) is 5.31. The minimum absolute atomic E-state index is 0.0180. The standard InChI is InChI=1S/C43H73NO7/c1-6-8-10-12-14-16-17-18-19-20-21-22-23-24-25-26-28-29-31-33-41(45)50-38-39(37-49-36-35-40(43(47)48)44(3,4)5)51-42(46)34-32-30-27-15-13-11-9-7-2/h8,10,14,16,18-19,21-22,27,30,39-40H,6-7,9,11-13,15,17,20,23-26,28-29,31-38H2,1-5H3/b10-8+,16-14+,19-18+,22-21+,30-27+. The van der Waals surface area contributed by atoms with E-state index < -0.39 is 18.1 Å². The van der Waals surface area contributed by atoms with Gasteiger partial charge in [-0.3, -0.25) is 9.59 Å². The number of carbonyl (C=O) groups is 3. The van der Waals surface area contributed by atoms with Gasteiger partial charge in [0.25, 0.3) is 0 Å². The first kappa shape index (κ1) is 48.0. The second-order valence-corrected chi connectivity index (χ2v) is 14.1. The molecule has 0 heterocycles. The van der Waals surface area contributed by atoms with Crippen LogP contribution in [0.25, 0.3) is 0 Å². The molecule has 0 aromatic rings. The monoisotopic (exact) mass is 716 g/mol. The van der Waals surface area contributed by atoms with E-state index in [1.165, 1.54) is 32.1 Å². The summed E-state index contributed by atoms with van der Waals surface area (Å²) in [6, 6.07) is -0.733. The van der Waals surface area contributed by atoms with Crippen LogP contribution in [0.3, 0.4) is 0 Å². The highest BCUT2D eigenvalue weighted by molar-refractivity contribution is 5.70. The molecule has 0 aromatic carbocycles. The van der Waals surface area contributed by atoms with E-state index in [1.807, 2.05) is 6.08 Å². The maximum Gasteiger partial charge on any atom is 0.306 e. The van der Waals surface area contributed by atoms with Crippen molar-refractivity contribution in [3.63, 3.8) is 0 Å². The van der Waals surface area contributed by atoms with Gasteiger partial charge in [-0.25, -0.2) is 0 Å². The number of unbranched alkanes of at least 4 members (excludes halogenated alkanes) is 10. The van der Waals surface area contributed by atoms with Crippen LogP contribution in [0.15, 0.2) is 60.8 Å². The second kappa shape index (κ2) is 34.1. The van der Waals surface area contributed by atoms with Crippen molar-refractivity contribution in [2.45, 2.75) is 154 Å². The first-order chi connectivity index (χ1) is 24.6. The Morgan fingerprint density at radius 3 is 1.73 bits per heavy atom. The van der Waals surface area contributed by atoms with Gasteiger partial charge in [0.15, 0.2) is 6.10 Å². The quantitative estimate of drug-likeness (QED) is 0.0284. The maximum absolute atomic E-state index is 12.5. The molecule has 0 spiro atoms. The number of esters is 2. The molecule has 2 unspecified atom stereocenters. The Hall–Kier alpha value is -2.97. The minimum Gasteiger partial charge on any atom is -0.544 e. The molecule has 0 N–H and O–H groups in total. The van der Waals surface area contributed by atoms with Crippen LogP contribution in [0.5, 0.6) is 0 Å². The average Bonchev–Trinajstić information content (AvgIpc) is 3.08. The van der Waals surface area contributed by atoms with Gasteiger partial charge >= 0.3 is 11.9 Å². The summed E-state index contributed by atoms with van der Waals surface area (Å²) in [5.41, 5.74) is 0. The average molecular weight is 716 g/mol. The predicted octanol–water partition coefficient (Wildman–Crippen LogP) is 8.91. The van der Waals surface area contributed by atoms with Crippen molar-refractivity contribution < 1.29 is 38.2 Å². The molecule has 0 saturated carbocycles. The number of carboxylic acid groups (broad SMARTS) is 1. The number of carbonyl (C=O) groups excluding carboxylic acids is 3. The van der Waals surface area contributed by atoms with Gasteiger partial charge in [0, 0.05) is 19.3 Å². The lowest BCUT2D eigenvalue weighted by molar-refractivity contribution is -0.889. The van der Waals surface area contributed by atoms with Crippen LogP contribution >= 0.6 is 0 Å². The third-order valence-electron chi connectivity index (χ3n) is 8.40. The number of aliphatic carboxylic acids is 1. The van der Waals surface area contributed by atoms with Crippen molar-refractivity contribution >= 4 is 17.9 Å². The summed E-state index contributed by atoms with van der Waals surface area (Å²) in [5.74, 6) is -1.83. The van der Waals surface area contributed by atoms with Gasteiger partial charge in [-0.15, -0.1) is 0 Å². The van der Waals surface area contributed by atoms with E-state index >= 15 is 0 Å². The molecule has 0 aromatic heterocycles. The van der Waals surface area contributed by atoms with E-state index in [4.69, 9.17) is 14.2 Å². The molecule has 8 heteroatoms. The number of rotatable bonds is 34. The molecular weight excluding hydrogens is 642 g/mol. The van der Waals surface area contributed by atoms with Crippen LogP contribution < -0.4 is 5.11 Å². The number of nitrogens with zero attached hydrogens (tertiary/aromatic N) is 1. The van der Waals surface area contributed by atoms with Crippen molar-refractivity contribution in [3.8, 4) is 0 Å². The van der Waals surface area contributed by atoms with E-state index in [9.17, 15) is 19.5 Å². The lowest BCUT2D eigenvalue weighted by Gasteiger charge is -2.34. The Morgan fingerprint density at radius 2 is 1.14 bits per heavy atom. The van der Waals surface area contributed by atoms with Crippen molar-refractivity contribution in [1.29, 1.82) is 0 Å². The third-order valence-corrected chi connectivity index (χ3v) is 8.40. The summed E-state index contributed by atoms with van der Waals surface area (Å²) < 4.78 is 17.0.